The van der Waals surface area contributed by atoms with Gasteiger partial charge in [0.05, 0.1) is 0 Å². The number of hydrogen-bond acceptors (Lipinski definition) is 2. The third kappa shape index (κ3) is 4.89. The molecule has 2 amide bonds. The van der Waals surface area contributed by atoms with Crippen molar-refractivity contribution >= 4 is 11.7 Å². The molecule has 2 aromatic carbocycles. The summed E-state index contributed by atoms with van der Waals surface area (Å²) in [5, 5.41) is 3.19. The predicted molar refractivity (Wildman–Crippen MR) is 112 cm³/mol. The Balaban J connectivity index is 1.66. The molecule has 0 spiro atoms. The summed E-state index contributed by atoms with van der Waals surface area (Å²) in [6.45, 7) is 10.00. The second-order valence-corrected chi connectivity index (χ2v) is 7.51. The predicted octanol–water partition coefficient (Wildman–Crippen LogP) is 4.69. The largest absolute Gasteiger partial charge is 0.322 e. The molecule has 0 saturated carbocycles. The highest BCUT2D eigenvalue weighted by atomic mass is 16.2. The average molecular weight is 366 g/mol. The van der Waals surface area contributed by atoms with Crippen LogP contribution in [0.2, 0.25) is 0 Å². The summed E-state index contributed by atoms with van der Waals surface area (Å²) >= 11 is 0. The fourth-order valence-electron chi connectivity index (χ4n) is 3.92. The second-order valence-electron chi connectivity index (χ2n) is 7.51. The Bertz CT molecular complexity index is 759. The Hall–Kier alpha value is -2.33. The summed E-state index contributed by atoms with van der Waals surface area (Å²) in [6, 6.07) is 17.0. The molecule has 0 aromatic heterocycles. The van der Waals surface area contributed by atoms with Crippen molar-refractivity contribution in [3.63, 3.8) is 0 Å². The van der Waals surface area contributed by atoms with Gasteiger partial charge in [-0.15, -0.1) is 0 Å². The molecule has 1 aliphatic heterocycles. The van der Waals surface area contributed by atoms with E-state index in [-0.39, 0.29) is 12.1 Å². The van der Waals surface area contributed by atoms with Gasteiger partial charge in [0.25, 0.3) is 0 Å². The number of carbonyl (C=O) groups is 1. The van der Waals surface area contributed by atoms with Crippen LogP contribution in [0.3, 0.4) is 0 Å². The molecule has 0 radical (unpaired) electrons. The highest BCUT2D eigenvalue weighted by Gasteiger charge is 2.26. The van der Waals surface area contributed by atoms with E-state index < -0.39 is 0 Å². The van der Waals surface area contributed by atoms with Crippen molar-refractivity contribution in [1.29, 1.82) is 0 Å². The van der Waals surface area contributed by atoms with Crippen LogP contribution in [0.25, 0.3) is 0 Å². The molecule has 4 heteroatoms. The van der Waals surface area contributed by atoms with E-state index in [9.17, 15) is 4.79 Å². The van der Waals surface area contributed by atoms with E-state index in [0.29, 0.717) is 0 Å². The SMILES string of the molecule is CCc1cccc(C)c1NC(=O)N1CCCN(Cc2ccccc2)C[C@H]1C. The molecular weight excluding hydrogens is 334 g/mol. The Morgan fingerprint density at radius 3 is 2.63 bits per heavy atom. The number of anilines is 1. The molecule has 1 N–H and O–H groups in total. The van der Waals surface area contributed by atoms with Crippen LogP contribution >= 0.6 is 0 Å². The minimum absolute atomic E-state index is 0.0214. The highest BCUT2D eigenvalue weighted by molar-refractivity contribution is 5.91. The van der Waals surface area contributed by atoms with Gasteiger partial charge >= 0.3 is 6.03 Å². The molecule has 1 heterocycles. The van der Waals surface area contributed by atoms with Crippen molar-refractivity contribution in [2.45, 2.75) is 46.2 Å². The molecular formula is C23H31N3O. The lowest BCUT2D eigenvalue weighted by atomic mass is 10.1. The molecule has 0 bridgehead atoms. The molecule has 3 rings (SSSR count). The number of aryl methyl sites for hydroxylation is 2. The van der Waals surface area contributed by atoms with Gasteiger partial charge in [-0.1, -0.05) is 55.5 Å². The van der Waals surface area contributed by atoms with Crippen molar-refractivity contribution in [1.82, 2.24) is 9.80 Å². The molecule has 0 aliphatic carbocycles. The number of nitrogens with zero attached hydrogens (tertiary/aromatic N) is 2. The lowest BCUT2D eigenvalue weighted by Gasteiger charge is -2.30. The maximum atomic E-state index is 13.0. The summed E-state index contributed by atoms with van der Waals surface area (Å²) in [5.41, 5.74) is 4.62. The van der Waals surface area contributed by atoms with Gasteiger partial charge in [-0.25, -0.2) is 4.79 Å². The van der Waals surface area contributed by atoms with Crippen LogP contribution in [0.15, 0.2) is 48.5 Å². The van der Waals surface area contributed by atoms with E-state index in [1.807, 2.05) is 4.90 Å². The lowest BCUT2D eigenvalue weighted by Crippen LogP contribution is -2.44. The number of benzene rings is 2. The van der Waals surface area contributed by atoms with E-state index in [1.165, 1.54) is 11.1 Å². The summed E-state index contributed by atoms with van der Waals surface area (Å²) in [6.07, 6.45) is 1.91. The topological polar surface area (TPSA) is 35.6 Å². The number of urea groups is 1. The van der Waals surface area contributed by atoms with Gasteiger partial charge in [0, 0.05) is 37.9 Å². The van der Waals surface area contributed by atoms with Crippen LogP contribution in [0.1, 0.15) is 37.0 Å². The molecule has 4 nitrogen and oxygen atoms in total. The normalized spacial score (nSPS) is 18.2. The highest BCUT2D eigenvalue weighted by Crippen LogP contribution is 2.22. The Morgan fingerprint density at radius 1 is 1.11 bits per heavy atom. The summed E-state index contributed by atoms with van der Waals surface area (Å²) < 4.78 is 0. The van der Waals surface area contributed by atoms with Crippen molar-refractivity contribution in [2.24, 2.45) is 0 Å². The van der Waals surface area contributed by atoms with Crippen LogP contribution in [-0.4, -0.2) is 41.5 Å². The first kappa shape index (κ1) is 19.4. The second kappa shape index (κ2) is 9.05. The van der Waals surface area contributed by atoms with Crippen molar-refractivity contribution in [3.05, 3.63) is 65.2 Å². The smallest absolute Gasteiger partial charge is 0.320 e. The van der Waals surface area contributed by atoms with Gasteiger partial charge in [0.1, 0.15) is 0 Å². The number of nitrogens with one attached hydrogen (secondary N) is 1. The molecule has 1 atom stereocenters. The Kier molecular flexibility index (Phi) is 6.51. The number of hydrogen-bond donors (Lipinski definition) is 1. The summed E-state index contributed by atoms with van der Waals surface area (Å²) in [4.78, 5) is 17.5. The maximum absolute atomic E-state index is 13.0. The van der Waals surface area contributed by atoms with E-state index in [0.717, 1.165) is 50.3 Å². The zero-order valence-electron chi connectivity index (χ0n) is 16.7. The zero-order valence-corrected chi connectivity index (χ0v) is 16.7. The molecule has 0 unspecified atom stereocenters. The molecule has 2 aromatic rings. The van der Waals surface area contributed by atoms with E-state index in [2.05, 4.69) is 79.5 Å². The van der Waals surface area contributed by atoms with Crippen LogP contribution < -0.4 is 5.32 Å². The lowest BCUT2D eigenvalue weighted by molar-refractivity contribution is 0.184. The fraction of sp³-hybridized carbons (Fsp3) is 0.435. The molecule has 27 heavy (non-hydrogen) atoms. The van der Waals surface area contributed by atoms with Crippen LogP contribution in [0.4, 0.5) is 10.5 Å². The van der Waals surface area contributed by atoms with Gasteiger partial charge in [-0.2, -0.15) is 0 Å². The van der Waals surface area contributed by atoms with E-state index in [1.54, 1.807) is 0 Å². The maximum Gasteiger partial charge on any atom is 0.322 e. The van der Waals surface area contributed by atoms with Gasteiger partial charge in [0.15, 0.2) is 0 Å². The van der Waals surface area contributed by atoms with Gasteiger partial charge in [0.2, 0.25) is 0 Å². The standard InChI is InChI=1S/C23H31N3O/c1-4-21-13-8-10-18(2)22(21)24-23(27)26-15-9-14-25(16-19(26)3)17-20-11-6-5-7-12-20/h5-8,10-13,19H,4,9,14-17H2,1-3H3,(H,24,27)/t19-/m1/s1. The minimum Gasteiger partial charge on any atom is -0.320 e. The number of amides is 2. The number of para-hydroxylation sites is 1. The molecule has 144 valence electrons. The first-order chi connectivity index (χ1) is 13.1. The molecule has 1 fully saturated rings. The Labute approximate surface area is 163 Å². The van der Waals surface area contributed by atoms with Gasteiger partial charge in [-0.05, 0) is 43.4 Å². The number of rotatable bonds is 4. The summed E-state index contributed by atoms with van der Waals surface area (Å²) in [7, 11) is 0. The first-order valence-electron chi connectivity index (χ1n) is 10.0. The van der Waals surface area contributed by atoms with Gasteiger partial charge < -0.3 is 10.2 Å². The van der Waals surface area contributed by atoms with E-state index in [4.69, 9.17) is 0 Å². The first-order valence-corrected chi connectivity index (χ1v) is 10.0. The summed E-state index contributed by atoms with van der Waals surface area (Å²) in [5.74, 6) is 0. The van der Waals surface area contributed by atoms with Gasteiger partial charge in [-0.3, -0.25) is 4.90 Å². The molecule has 1 aliphatic rings. The van der Waals surface area contributed by atoms with Crippen LogP contribution in [-0.2, 0) is 13.0 Å². The average Bonchev–Trinajstić information content (AvgIpc) is 2.85. The van der Waals surface area contributed by atoms with Crippen LogP contribution in [0, 0.1) is 6.92 Å². The third-order valence-corrected chi connectivity index (χ3v) is 5.41. The quantitative estimate of drug-likeness (QED) is 0.853. The Morgan fingerprint density at radius 2 is 1.89 bits per heavy atom. The monoisotopic (exact) mass is 365 g/mol. The van der Waals surface area contributed by atoms with Crippen molar-refractivity contribution < 1.29 is 4.79 Å². The van der Waals surface area contributed by atoms with Crippen molar-refractivity contribution in [2.75, 3.05) is 25.0 Å². The third-order valence-electron chi connectivity index (χ3n) is 5.41. The number of carbonyl (C=O) groups excluding carboxylic acids is 1. The van der Waals surface area contributed by atoms with Crippen molar-refractivity contribution in [3.8, 4) is 0 Å². The zero-order chi connectivity index (χ0) is 19.2. The van der Waals surface area contributed by atoms with Crippen LogP contribution in [0.5, 0.6) is 0 Å². The molecule has 1 saturated heterocycles. The fourth-order valence-corrected chi connectivity index (χ4v) is 3.92. The minimum atomic E-state index is 0.0214. The van der Waals surface area contributed by atoms with E-state index >= 15 is 0 Å².